The van der Waals surface area contributed by atoms with E-state index in [0.717, 1.165) is 49.3 Å². The maximum absolute atomic E-state index is 12.8. The first-order valence-electron chi connectivity index (χ1n) is 10.1. The normalized spacial score (nSPS) is 21.1. The molecule has 1 N–H and O–H groups in total. The third kappa shape index (κ3) is 4.64. The molecule has 1 aromatic rings. The molecule has 0 aromatic heterocycles. The molecular weight excluding hydrogens is 356 g/mol. The lowest BCUT2D eigenvalue weighted by atomic mass is 10.1. The van der Waals surface area contributed by atoms with Crippen molar-refractivity contribution in [2.75, 3.05) is 58.3 Å². The Bertz CT molecular complexity index is 689. The number of nitrogens with one attached hydrogen (secondary N) is 1. The van der Waals surface area contributed by atoms with Crippen LogP contribution in [0.25, 0.3) is 0 Å². The second-order valence-corrected chi connectivity index (χ2v) is 7.70. The highest BCUT2D eigenvalue weighted by Gasteiger charge is 2.36. The number of nitrogens with zero attached hydrogens (tertiary/aromatic N) is 3. The lowest BCUT2D eigenvalue weighted by Crippen LogP contribution is -2.44. The number of carbonyl (C=O) groups is 2. The maximum atomic E-state index is 12.8. The zero-order chi connectivity index (χ0) is 20.1. The van der Waals surface area contributed by atoms with Crippen molar-refractivity contribution in [3.8, 4) is 0 Å². The molecule has 3 amide bonds. The Kier molecular flexibility index (Phi) is 6.91. The Morgan fingerprint density at radius 2 is 1.89 bits per heavy atom. The summed E-state index contributed by atoms with van der Waals surface area (Å²) in [7, 11) is 1.66. The monoisotopic (exact) mass is 388 g/mol. The molecule has 7 nitrogen and oxygen atoms in total. The van der Waals surface area contributed by atoms with E-state index in [1.807, 2.05) is 41.8 Å². The minimum Gasteiger partial charge on any atom is -0.383 e. The molecule has 1 unspecified atom stereocenters. The van der Waals surface area contributed by atoms with Crippen LogP contribution in [0.3, 0.4) is 0 Å². The molecular formula is C21H32N4O3. The van der Waals surface area contributed by atoms with Crippen LogP contribution < -0.4 is 5.32 Å². The van der Waals surface area contributed by atoms with E-state index < -0.39 is 0 Å². The van der Waals surface area contributed by atoms with E-state index in [2.05, 4.69) is 10.2 Å². The first kappa shape index (κ1) is 20.6. The van der Waals surface area contributed by atoms with Crippen LogP contribution in [0.5, 0.6) is 0 Å². The van der Waals surface area contributed by atoms with Gasteiger partial charge >= 0.3 is 6.03 Å². The number of ether oxygens (including phenoxy) is 1. The molecule has 0 radical (unpaired) electrons. The van der Waals surface area contributed by atoms with Crippen molar-refractivity contribution in [2.45, 2.75) is 32.7 Å². The maximum Gasteiger partial charge on any atom is 0.321 e. The van der Waals surface area contributed by atoms with Gasteiger partial charge in [0.2, 0.25) is 5.91 Å². The number of urea groups is 1. The van der Waals surface area contributed by atoms with Gasteiger partial charge in [0.05, 0.1) is 12.6 Å². The van der Waals surface area contributed by atoms with Crippen molar-refractivity contribution in [3.05, 3.63) is 29.3 Å². The molecule has 2 heterocycles. The molecule has 0 spiro atoms. The zero-order valence-corrected chi connectivity index (χ0v) is 17.2. The van der Waals surface area contributed by atoms with Gasteiger partial charge in [0.25, 0.3) is 0 Å². The molecule has 2 aliphatic heterocycles. The lowest BCUT2D eigenvalue weighted by molar-refractivity contribution is -0.132. The van der Waals surface area contributed by atoms with Crippen LogP contribution in [-0.4, -0.2) is 85.7 Å². The van der Waals surface area contributed by atoms with Gasteiger partial charge < -0.3 is 19.9 Å². The van der Waals surface area contributed by atoms with E-state index in [0.29, 0.717) is 26.2 Å². The molecule has 7 heteroatoms. The Morgan fingerprint density at radius 1 is 1.14 bits per heavy atom. The molecule has 0 saturated carbocycles. The standard InChI is InChI=1S/C21H32N4O3/c1-16-6-4-7-17(2)19(16)22-21(27)25-10-5-9-23(12-13-25)18-8-11-24(20(18)26)14-15-28-3/h4,6-7,18H,5,8-15H2,1-3H3,(H,22,27). The summed E-state index contributed by atoms with van der Waals surface area (Å²) in [5, 5.41) is 3.08. The Balaban J connectivity index is 1.56. The summed E-state index contributed by atoms with van der Waals surface area (Å²) in [5.41, 5.74) is 3.03. The van der Waals surface area contributed by atoms with Gasteiger partial charge in [0.1, 0.15) is 0 Å². The van der Waals surface area contributed by atoms with E-state index in [9.17, 15) is 9.59 Å². The third-order valence-corrected chi connectivity index (χ3v) is 5.81. The molecule has 0 aliphatic carbocycles. The lowest BCUT2D eigenvalue weighted by Gasteiger charge is -2.27. The number of rotatable bonds is 5. The highest BCUT2D eigenvalue weighted by molar-refractivity contribution is 5.91. The van der Waals surface area contributed by atoms with Crippen LogP contribution in [0.1, 0.15) is 24.0 Å². The third-order valence-electron chi connectivity index (χ3n) is 5.81. The van der Waals surface area contributed by atoms with Crippen LogP contribution in [0.4, 0.5) is 10.5 Å². The average Bonchev–Trinajstić information content (AvgIpc) is 2.89. The zero-order valence-electron chi connectivity index (χ0n) is 17.2. The first-order valence-corrected chi connectivity index (χ1v) is 10.1. The molecule has 2 fully saturated rings. The van der Waals surface area contributed by atoms with Crippen molar-refractivity contribution >= 4 is 17.6 Å². The molecule has 0 bridgehead atoms. The number of benzene rings is 1. The Labute approximate surface area is 167 Å². The van der Waals surface area contributed by atoms with Gasteiger partial charge in [-0.2, -0.15) is 0 Å². The molecule has 28 heavy (non-hydrogen) atoms. The molecule has 2 saturated heterocycles. The van der Waals surface area contributed by atoms with E-state index in [-0.39, 0.29) is 18.0 Å². The molecule has 2 aliphatic rings. The second kappa shape index (κ2) is 9.39. The van der Waals surface area contributed by atoms with Gasteiger partial charge in [0, 0.05) is 52.1 Å². The Hall–Kier alpha value is -2.12. The largest absolute Gasteiger partial charge is 0.383 e. The fourth-order valence-electron chi connectivity index (χ4n) is 4.13. The summed E-state index contributed by atoms with van der Waals surface area (Å²) in [6.07, 6.45) is 1.74. The van der Waals surface area contributed by atoms with Gasteiger partial charge in [-0.3, -0.25) is 9.69 Å². The fraction of sp³-hybridized carbons (Fsp3) is 0.619. The average molecular weight is 389 g/mol. The highest BCUT2D eigenvalue weighted by atomic mass is 16.5. The first-order chi connectivity index (χ1) is 13.5. The van der Waals surface area contributed by atoms with Gasteiger partial charge in [0.15, 0.2) is 0 Å². The highest BCUT2D eigenvalue weighted by Crippen LogP contribution is 2.22. The van der Waals surface area contributed by atoms with Gasteiger partial charge in [-0.25, -0.2) is 4.79 Å². The van der Waals surface area contributed by atoms with Crippen LogP contribution in [0.2, 0.25) is 0 Å². The van der Waals surface area contributed by atoms with Crippen molar-refractivity contribution in [2.24, 2.45) is 0 Å². The van der Waals surface area contributed by atoms with Gasteiger partial charge in [-0.1, -0.05) is 18.2 Å². The van der Waals surface area contributed by atoms with Crippen molar-refractivity contribution < 1.29 is 14.3 Å². The van der Waals surface area contributed by atoms with E-state index >= 15 is 0 Å². The van der Waals surface area contributed by atoms with Crippen molar-refractivity contribution in [1.29, 1.82) is 0 Å². The minimum absolute atomic E-state index is 0.0567. The molecule has 1 atom stereocenters. The molecule has 154 valence electrons. The van der Waals surface area contributed by atoms with E-state index in [4.69, 9.17) is 4.74 Å². The number of hydrogen-bond donors (Lipinski definition) is 1. The summed E-state index contributed by atoms with van der Waals surface area (Å²) < 4.78 is 5.10. The second-order valence-electron chi connectivity index (χ2n) is 7.70. The molecule has 1 aromatic carbocycles. The summed E-state index contributed by atoms with van der Waals surface area (Å²) >= 11 is 0. The van der Waals surface area contributed by atoms with Crippen LogP contribution in [0, 0.1) is 13.8 Å². The molecule has 3 rings (SSSR count). The summed E-state index contributed by atoms with van der Waals surface area (Å²) in [4.78, 5) is 31.5. The van der Waals surface area contributed by atoms with E-state index in [1.54, 1.807) is 7.11 Å². The number of para-hydroxylation sites is 1. The number of methoxy groups -OCH3 is 1. The topological polar surface area (TPSA) is 65.1 Å². The quantitative estimate of drug-likeness (QED) is 0.839. The number of aryl methyl sites for hydroxylation is 2. The van der Waals surface area contributed by atoms with Gasteiger partial charge in [-0.15, -0.1) is 0 Å². The van der Waals surface area contributed by atoms with Crippen molar-refractivity contribution in [3.63, 3.8) is 0 Å². The number of anilines is 1. The van der Waals surface area contributed by atoms with Crippen LogP contribution in [0.15, 0.2) is 18.2 Å². The number of hydrogen-bond acceptors (Lipinski definition) is 4. The summed E-state index contributed by atoms with van der Waals surface area (Å²) in [6.45, 7) is 8.97. The number of carbonyl (C=O) groups excluding carboxylic acids is 2. The SMILES string of the molecule is COCCN1CCC(N2CCCN(C(=O)Nc3c(C)cccc3C)CC2)C1=O. The summed E-state index contributed by atoms with van der Waals surface area (Å²) in [5.74, 6) is 0.200. The fourth-order valence-corrected chi connectivity index (χ4v) is 4.13. The number of likely N-dealkylation sites (tertiary alicyclic amines) is 1. The van der Waals surface area contributed by atoms with Gasteiger partial charge in [-0.05, 0) is 37.8 Å². The van der Waals surface area contributed by atoms with E-state index in [1.165, 1.54) is 0 Å². The van der Waals surface area contributed by atoms with Crippen LogP contribution >= 0.6 is 0 Å². The summed E-state index contributed by atoms with van der Waals surface area (Å²) in [6, 6.07) is 5.90. The number of amides is 3. The van der Waals surface area contributed by atoms with Crippen molar-refractivity contribution in [1.82, 2.24) is 14.7 Å². The smallest absolute Gasteiger partial charge is 0.321 e. The van der Waals surface area contributed by atoms with Crippen LogP contribution in [-0.2, 0) is 9.53 Å². The predicted molar refractivity (Wildman–Crippen MR) is 110 cm³/mol. The Morgan fingerprint density at radius 3 is 2.61 bits per heavy atom. The predicted octanol–water partition coefficient (Wildman–Crippen LogP) is 2.09. The minimum atomic E-state index is -0.0570.